The summed E-state index contributed by atoms with van der Waals surface area (Å²) in [6.45, 7) is 5.53. The Hall–Kier alpha value is -4.04. The maximum absolute atomic E-state index is 13.4. The second-order valence-corrected chi connectivity index (χ2v) is 8.65. The Morgan fingerprint density at radius 2 is 1.47 bits per heavy atom. The number of ketones is 6. The standard InChI is InChI=1S/C26H20O8/c1-9-5-15-17(29)7-13(23(31)21(15)25(33)19(9)11(3)27)14-8-18(30)16-6-10(2)20(12(4)28)26(34)22(16)24(14)32/h5-8,19,25,33-34H,1-4H3/t19-,25-/m0/s1. The first kappa shape index (κ1) is 23.1. The van der Waals surface area contributed by atoms with Crippen LogP contribution in [0.15, 0.2) is 52.2 Å². The molecule has 3 aliphatic carbocycles. The first-order valence-electron chi connectivity index (χ1n) is 10.5. The largest absolute Gasteiger partial charge is 0.506 e. The average Bonchev–Trinajstić information content (AvgIpc) is 2.72. The second-order valence-electron chi connectivity index (χ2n) is 8.65. The molecule has 1 aromatic carbocycles. The Morgan fingerprint density at radius 1 is 0.882 bits per heavy atom. The molecule has 0 spiro atoms. The molecule has 0 fully saturated rings. The normalized spacial score (nSPS) is 22.1. The number of hydrogen-bond acceptors (Lipinski definition) is 8. The molecule has 0 radical (unpaired) electrons. The fourth-order valence-electron chi connectivity index (χ4n) is 4.87. The number of fused-ring (bicyclic) bond motifs is 1. The van der Waals surface area contributed by atoms with Gasteiger partial charge in [-0.15, -0.1) is 0 Å². The number of rotatable bonds is 3. The van der Waals surface area contributed by atoms with E-state index in [4.69, 9.17) is 0 Å². The van der Waals surface area contributed by atoms with Gasteiger partial charge in [-0.3, -0.25) is 28.8 Å². The van der Waals surface area contributed by atoms with Crippen molar-refractivity contribution in [3.63, 3.8) is 0 Å². The van der Waals surface area contributed by atoms with Crippen molar-refractivity contribution in [2.75, 3.05) is 0 Å². The van der Waals surface area contributed by atoms with Gasteiger partial charge in [0.2, 0.25) is 0 Å². The summed E-state index contributed by atoms with van der Waals surface area (Å²) in [5.41, 5.74) is -1.22. The third kappa shape index (κ3) is 3.18. The van der Waals surface area contributed by atoms with Crippen molar-refractivity contribution >= 4 is 34.7 Å². The number of aliphatic hydroxyl groups is 1. The van der Waals surface area contributed by atoms with Gasteiger partial charge in [0.25, 0.3) is 0 Å². The van der Waals surface area contributed by atoms with Gasteiger partial charge in [0.05, 0.1) is 23.1 Å². The average molecular weight is 460 g/mol. The number of aryl methyl sites for hydroxylation is 1. The topological polar surface area (TPSA) is 143 Å². The SMILES string of the molecule is CC(=O)c1c(C)cc2c(c1O)C(=O)C(C1=CC(=O)C3=C(C1=O)[C@@H](O)[C@H](C(C)=O)C(C)=C3)=CC2=O. The molecule has 0 bridgehead atoms. The number of Topliss-reactive ketones (excluding diaryl/α,β-unsaturated/α-hetero) is 4. The number of allylic oxidation sites excluding steroid dienone is 6. The molecule has 8 nitrogen and oxygen atoms in total. The number of carbonyl (C=O) groups excluding carboxylic acids is 6. The van der Waals surface area contributed by atoms with Crippen molar-refractivity contribution in [1.82, 2.24) is 0 Å². The van der Waals surface area contributed by atoms with E-state index in [0.717, 1.165) is 12.2 Å². The smallest absolute Gasteiger partial charge is 0.198 e. The van der Waals surface area contributed by atoms with Gasteiger partial charge in [-0.25, -0.2) is 0 Å². The molecular formula is C26H20O8. The van der Waals surface area contributed by atoms with Gasteiger partial charge in [0.15, 0.2) is 28.9 Å². The highest BCUT2D eigenvalue weighted by Gasteiger charge is 2.43. The molecule has 2 N–H and O–H groups in total. The molecule has 172 valence electrons. The van der Waals surface area contributed by atoms with Crippen molar-refractivity contribution in [2.45, 2.75) is 33.8 Å². The van der Waals surface area contributed by atoms with Crippen LogP contribution in [-0.4, -0.2) is 51.0 Å². The van der Waals surface area contributed by atoms with Crippen molar-refractivity contribution in [3.8, 4) is 5.75 Å². The molecule has 4 rings (SSSR count). The van der Waals surface area contributed by atoms with Crippen molar-refractivity contribution < 1.29 is 39.0 Å². The molecule has 0 saturated carbocycles. The summed E-state index contributed by atoms with van der Waals surface area (Å²) < 4.78 is 0. The predicted molar refractivity (Wildman–Crippen MR) is 119 cm³/mol. The summed E-state index contributed by atoms with van der Waals surface area (Å²) >= 11 is 0. The molecule has 2 atom stereocenters. The Kier molecular flexibility index (Phi) is 5.29. The first-order valence-corrected chi connectivity index (χ1v) is 10.5. The summed E-state index contributed by atoms with van der Waals surface area (Å²) in [7, 11) is 0. The number of hydrogen-bond donors (Lipinski definition) is 2. The lowest BCUT2D eigenvalue weighted by molar-refractivity contribution is -0.123. The van der Waals surface area contributed by atoms with Gasteiger partial charge in [0.1, 0.15) is 11.5 Å². The maximum atomic E-state index is 13.4. The number of benzene rings is 1. The van der Waals surface area contributed by atoms with E-state index in [2.05, 4.69) is 0 Å². The van der Waals surface area contributed by atoms with E-state index < -0.39 is 69.2 Å². The van der Waals surface area contributed by atoms with E-state index in [0.29, 0.717) is 11.1 Å². The van der Waals surface area contributed by atoms with Crippen LogP contribution in [0.2, 0.25) is 0 Å². The third-order valence-electron chi connectivity index (χ3n) is 6.39. The second kappa shape index (κ2) is 7.78. The van der Waals surface area contributed by atoms with Crippen LogP contribution in [0.5, 0.6) is 5.75 Å². The number of aromatic hydroxyl groups is 1. The molecule has 0 heterocycles. The van der Waals surface area contributed by atoms with Gasteiger partial charge in [-0.1, -0.05) is 11.6 Å². The molecule has 34 heavy (non-hydrogen) atoms. The highest BCUT2D eigenvalue weighted by atomic mass is 16.3. The summed E-state index contributed by atoms with van der Waals surface area (Å²) in [5, 5.41) is 21.5. The lowest BCUT2D eigenvalue weighted by Crippen LogP contribution is -2.39. The quantitative estimate of drug-likeness (QED) is 0.516. The summed E-state index contributed by atoms with van der Waals surface area (Å²) in [6, 6.07) is 1.32. The molecule has 0 unspecified atom stereocenters. The van der Waals surface area contributed by atoms with E-state index in [-0.39, 0.29) is 22.3 Å². The fourth-order valence-corrected chi connectivity index (χ4v) is 4.87. The summed E-state index contributed by atoms with van der Waals surface area (Å²) in [5.74, 6) is -5.77. The Balaban J connectivity index is 1.86. The third-order valence-corrected chi connectivity index (χ3v) is 6.39. The van der Waals surface area contributed by atoms with Gasteiger partial charge < -0.3 is 10.2 Å². The van der Waals surface area contributed by atoms with Crippen LogP contribution in [0.25, 0.3) is 0 Å². The number of phenols is 1. The van der Waals surface area contributed by atoms with Crippen LogP contribution in [-0.2, 0) is 14.4 Å². The molecule has 3 aliphatic rings. The van der Waals surface area contributed by atoms with E-state index in [1.807, 2.05) is 0 Å². The molecule has 1 aromatic rings. The maximum Gasteiger partial charge on any atom is 0.198 e. The zero-order valence-electron chi connectivity index (χ0n) is 18.8. The van der Waals surface area contributed by atoms with Crippen LogP contribution >= 0.6 is 0 Å². The van der Waals surface area contributed by atoms with Crippen molar-refractivity contribution in [1.29, 1.82) is 0 Å². The Bertz CT molecular complexity index is 1410. The fraction of sp³-hybridized carbons (Fsp3) is 0.231. The molecular weight excluding hydrogens is 440 g/mol. The van der Waals surface area contributed by atoms with E-state index >= 15 is 0 Å². The lowest BCUT2D eigenvalue weighted by Gasteiger charge is -2.31. The van der Waals surface area contributed by atoms with Gasteiger partial charge in [0, 0.05) is 27.9 Å². The Labute approximate surface area is 194 Å². The van der Waals surface area contributed by atoms with Crippen LogP contribution < -0.4 is 0 Å². The summed E-state index contributed by atoms with van der Waals surface area (Å²) in [6.07, 6.45) is 1.58. The van der Waals surface area contributed by atoms with Crippen molar-refractivity contribution in [2.24, 2.45) is 5.92 Å². The lowest BCUT2D eigenvalue weighted by atomic mass is 9.72. The summed E-state index contributed by atoms with van der Waals surface area (Å²) in [4.78, 5) is 76.4. The first-order chi connectivity index (χ1) is 15.9. The zero-order chi connectivity index (χ0) is 25.2. The molecule has 0 aromatic heterocycles. The molecule has 0 aliphatic heterocycles. The minimum atomic E-state index is -1.60. The number of aliphatic hydroxyl groups excluding tert-OH is 1. The number of carbonyl (C=O) groups is 6. The molecule has 0 amide bonds. The van der Waals surface area contributed by atoms with Crippen LogP contribution in [0.3, 0.4) is 0 Å². The zero-order valence-corrected chi connectivity index (χ0v) is 18.8. The van der Waals surface area contributed by atoms with Crippen LogP contribution in [0.1, 0.15) is 57.4 Å². The monoisotopic (exact) mass is 460 g/mol. The van der Waals surface area contributed by atoms with Crippen molar-refractivity contribution in [3.05, 3.63) is 74.4 Å². The van der Waals surface area contributed by atoms with E-state index in [1.165, 1.54) is 32.9 Å². The van der Waals surface area contributed by atoms with Gasteiger partial charge in [-0.2, -0.15) is 0 Å². The minimum absolute atomic E-state index is 0.0795. The van der Waals surface area contributed by atoms with Crippen LogP contribution in [0, 0.1) is 12.8 Å². The van der Waals surface area contributed by atoms with Crippen LogP contribution in [0.4, 0.5) is 0 Å². The Morgan fingerprint density at radius 3 is 2.06 bits per heavy atom. The predicted octanol–water partition coefficient (Wildman–Crippen LogP) is 2.11. The van der Waals surface area contributed by atoms with Gasteiger partial charge >= 0.3 is 0 Å². The highest BCUT2D eigenvalue weighted by molar-refractivity contribution is 6.35. The number of phenolic OH excluding ortho intramolecular Hbond substituents is 1. The molecule has 8 heteroatoms. The molecule has 0 saturated heterocycles. The highest BCUT2D eigenvalue weighted by Crippen LogP contribution is 2.40. The van der Waals surface area contributed by atoms with E-state index in [9.17, 15) is 39.0 Å². The van der Waals surface area contributed by atoms with E-state index in [1.54, 1.807) is 6.92 Å². The minimum Gasteiger partial charge on any atom is -0.506 e. The van der Waals surface area contributed by atoms with Gasteiger partial charge in [-0.05, 0) is 51.5 Å².